The zero-order valence-electron chi connectivity index (χ0n) is 16.6. The Balaban J connectivity index is 1.50. The van der Waals surface area contributed by atoms with Crippen LogP contribution in [0.5, 0.6) is 17.2 Å². The van der Waals surface area contributed by atoms with E-state index in [1.54, 1.807) is 14.2 Å². The van der Waals surface area contributed by atoms with Crippen molar-refractivity contribution < 1.29 is 19.0 Å². The van der Waals surface area contributed by atoms with Crippen LogP contribution in [0.1, 0.15) is 21.3 Å². The van der Waals surface area contributed by atoms with E-state index >= 15 is 0 Å². The van der Waals surface area contributed by atoms with E-state index in [1.807, 2.05) is 54.7 Å². The summed E-state index contributed by atoms with van der Waals surface area (Å²) in [4.78, 5) is 12.0. The summed E-state index contributed by atoms with van der Waals surface area (Å²) in [7, 11) is 3.19. The first kappa shape index (κ1) is 21.4. The number of carbonyl (C=O) groups is 1. The van der Waals surface area contributed by atoms with Gasteiger partial charge in [0.2, 0.25) is 0 Å². The Labute approximate surface area is 179 Å². The number of amides is 1. The van der Waals surface area contributed by atoms with Gasteiger partial charge in [0, 0.05) is 22.6 Å². The Morgan fingerprint density at radius 3 is 2.52 bits per heavy atom. The molecule has 1 amide bonds. The van der Waals surface area contributed by atoms with Gasteiger partial charge in [-0.05, 0) is 36.8 Å². The molecule has 0 aromatic heterocycles. The molecule has 2 aromatic rings. The highest BCUT2D eigenvalue weighted by Crippen LogP contribution is 2.45. The Bertz CT molecular complexity index is 866. The van der Waals surface area contributed by atoms with Crippen molar-refractivity contribution >= 4 is 35.6 Å². The molecular weight excluding hydrogens is 408 g/mol. The number of methoxy groups -OCH3 is 2. The Morgan fingerprint density at radius 1 is 1.14 bits per heavy atom. The van der Waals surface area contributed by atoms with E-state index in [0.717, 1.165) is 16.9 Å². The van der Waals surface area contributed by atoms with Gasteiger partial charge in [-0.2, -0.15) is 5.10 Å². The first-order chi connectivity index (χ1) is 14.1. The van der Waals surface area contributed by atoms with Crippen LogP contribution in [-0.2, 0) is 4.79 Å². The fourth-order valence-corrected chi connectivity index (χ4v) is 5.77. The molecule has 0 unspecified atom stereocenters. The molecule has 1 saturated heterocycles. The molecule has 0 saturated carbocycles. The average molecular weight is 433 g/mol. The monoisotopic (exact) mass is 432 g/mol. The maximum atomic E-state index is 12.0. The predicted molar refractivity (Wildman–Crippen MR) is 120 cm³/mol. The van der Waals surface area contributed by atoms with Crippen LogP contribution in [0.2, 0.25) is 0 Å². The van der Waals surface area contributed by atoms with Crippen molar-refractivity contribution in [2.75, 3.05) is 32.3 Å². The Morgan fingerprint density at radius 2 is 1.86 bits per heavy atom. The van der Waals surface area contributed by atoms with E-state index in [2.05, 4.69) is 22.7 Å². The molecule has 3 rings (SSSR count). The van der Waals surface area contributed by atoms with Gasteiger partial charge in [0.15, 0.2) is 6.61 Å². The van der Waals surface area contributed by atoms with Gasteiger partial charge in [0.1, 0.15) is 17.2 Å². The molecule has 1 heterocycles. The van der Waals surface area contributed by atoms with Crippen LogP contribution in [0, 0.1) is 6.92 Å². The SMILES string of the molecule is COc1ccc(/C=N\NC(=O)COc2ccc(C3SCCS3)cc2)c(OC)c1C. The third kappa shape index (κ3) is 5.61. The van der Waals surface area contributed by atoms with Crippen LogP contribution in [-0.4, -0.2) is 44.5 Å². The molecule has 154 valence electrons. The van der Waals surface area contributed by atoms with Gasteiger partial charge in [-0.1, -0.05) is 12.1 Å². The summed E-state index contributed by atoms with van der Waals surface area (Å²) in [6.45, 7) is 1.79. The minimum absolute atomic E-state index is 0.109. The molecule has 1 aliphatic rings. The summed E-state index contributed by atoms with van der Waals surface area (Å²) in [6, 6.07) is 11.6. The molecule has 6 nitrogen and oxygen atoms in total. The lowest BCUT2D eigenvalue weighted by molar-refractivity contribution is -0.123. The first-order valence-corrected chi connectivity index (χ1v) is 11.2. The second-order valence-electron chi connectivity index (χ2n) is 6.24. The molecule has 1 N–H and O–H groups in total. The number of carbonyl (C=O) groups excluding carboxylic acids is 1. The van der Waals surface area contributed by atoms with E-state index in [-0.39, 0.29) is 12.5 Å². The highest BCUT2D eigenvalue weighted by molar-refractivity contribution is 8.19. The van der Waals surface area contributed by atoms with Crippen LogP contribution in [0.3, 0.4) is 0 Å². The minimum Gasteiger partial charge on any atom is -0.496 e. The van der Waals surface area contributed by atoms with Crippen molar-refractivity contribution in [2.24, 2.45) is 5.10 Å². The van der Waals surface area contributed by atoms with Crippen LogP contribution >= 0.6 is 23.5 Å². The molecule has 1 fully saturated rings. The molecule has 8 heteroatoms. The van der Waals surface area contributed by atoms with Crippen molar-refractivity contribution in [1.82, 2.24) is 5.43 Å². The van der Waals surface area contributed by atoms with Crippen LogP contribution in [0.25, 0.3) is 0 Å². The van der Waals surface area contributed by atoms with E-state index < -0.39 is 0 Å². The van der Waals surface area contributed by atoms with Crippen molar-refractivity contribution in [2.45, 2.75) is 11.5 Å². The summed E-state index contributed by atoms with van der Waals surface area (Å²) in [5.41, 5.74) is 5.36. The van der Waals surface area contributed by atoms with E-state index in [1.165, 1.54) is 23.3 Å². The van der Waals surface area contributed by atoms with Gasteiger partial charge < -0.3 is 14.2 Å². The number of ether oxygens (including phenoxy) is 3. The topological polar surface area (TPSA) is 69.2 Å². The lowest BCUT2D eigenvalue weighted by atomic mass is 10.1. The lowest BCUT2D eigenvalue weighted by Gasteiger charge is -2.12. The van der Waals surface area contributed by atoms with Gasteiger partial charge in [0.05, 0.1) is 25.0 Å². The van der Waals surface area contributed by atoms with E-state index in [9.17, 15) is 4.79 Å². The molecule has 0 atom stereocenters. The Kier molecular flexibility index (Phi) is 7.71. The molecule has 0 radical (unpaired) electrons. The fraction of sp³-hybridized carbons (Fsp3) is 0.333. The number of hydrogen-bond acceptors (Lipinski definition) is 7. The number of thioether (sulfide) groups is 2. The molecule has 0 bridgehead atoms. The highest BCUT2D eigenvalue weighted by atomic mass is 32.2. The van der Waals surface area contributed by atoms with Crippen LogP contribution in [0.4, 0.5) is 0 Å². The summed E-state index contributed by atoms with van der Waals surface area (Å²) in [5, 5.41) is 3.99. The highest BCUT2D eigenvalue weighted by Gasteiger charge is 2.18. The smallest absolute Gasteiger partial charge is 0.277 e. The normalized spacial score (nSPS) is 14.2. The standard InChI is InChI=1S/C21H24N2O4S2/c1-14-18(25-2)9-6-16(20(14)26-3)12-22-23-19(24)13-27-17-7-4-15(5-8-17)21-28-10-11-29-21/h4-9,12,21H,10-11,13H2,1-3H3,(H,23,24)/b22-12-. The maximum Gasteiger partial charge on any atom is 0.277 e. The van der Waals surface area contributed by atoms with Crippen LogP contribution in [0.15, 0.2) is 41.5 Å². The third-order valence-corrected chi connectivity index (χ3v) is 7.45. The number of rotatable bonds is 8. The third-order valence-electron chi connectivity index (χ3n) is 4.35. The van der Waals surface area contributed by atoms with Crippen molar-refractivity contribution in [3.8, 4) is 17.2 Å². The van der Waals surface area contributed by atoms with Gasteiger partial charge in [-0.25, -0.2) is 5.43 Å². The van der Waals surface area contributed by atoms with Gasteiger partial charge in [-0.15, -0.1) is 23.5 Å². The molecular formula is C21H24N2O4S2. The summed E-state index contributed by atoms with van der Waals surface area (Å²) < 4.78 is 16.7. The summed E-state index contributed by atoms with van der Waals surface area (Å²) in [5.74, 6) is 4.08. The molecule has 1 aliphatic heterocycles. The zero-order chi connectivity index (χ0) is 20.6. The van der Waals surface area contributed by atoms with Gasteiger partial charge in [-0.3, -0.25) is 4.79 Å². The number of nitrogens with one attached hydrogen (secondary N) is 1. The second-order valence-corrected chi connectivity index (χ2v) is 8.96. The zero-order valence-corrected chi connectivity index (χ0v) is 18.3. The van der Waals surface area contributed by atoms with E-state index in [4.69, 9.17) is 14.2 Å². The lowest BCUT2D eigenvalue weighted by Crippen LogP contribution is -2.24. The molecule has 0 aliphatic carbocycles. The van der Waals surface area contributed by atoms with Crippen LogP contribution < -0.4 is 19.6 Å². The van der Waals surface area contributed by atoms with Crippen molar-refractivity contribution in [3.63, 3.8) is 0 Å². The second kappa shape index (κ2) is 10.5. The summed E-state index contributed by atoms with van der Waals surface area (Å²) in [6.07, 6.45) is 1.54. The van der Waals surface area contributed by atoms with Gasteiger partial charge in [0.25, 0.3) is 5.91 Å². The largest absolute Gasteiger partial charge is 0.496 e. The predicted octanol–water partition coefficient (Wildman–Crippen LogP) is 4.02. The minimum atomic E-state index is -0.337. The molecule has 0 spiro atoms. The van der Waals surface area contributed by atoms with E-state index in [0.29, 0.717) is 16.1 Å². The van der Waals surface area contributed by atoms with Crippen molar-refractivity contribution in [1.29, 1.82) is 0 Å². The fourth-order valence-electron chi connectivity index (χ4n) is 2.92. The number of nitrogens with zero attached hydrogens (tertiary/aromatic N) is 1. The maximum absolute atomic E-state index is 12.0. The molecule has 29 heavy (non-hydrogen) atoms. The van der Waals surface area contributed by atoms with Gasteiger partial charge >= 0.3 is 0 Å². The molecule has 2 aromatic carbocycles. The number of hydrogen-bond donors (Lipinski definition) is 1. The number of hydrazone groups is 1. The summed E-state index contributed by atoms with van der Waals surface area (Å²) >= 11 is 3.92. The van der Waals surface area contributed by atoms with Crippen molar-refractivity contribution in [3.05, 3.63) is 53.1 Å². The Hall–Kier alpha value is -2.32. The first-order valence-electron chi connectivity index (χ1n) is 9.12. The quantitative estimate of drug-likeness (QED) is 0.502. The number of benzene rings is 2. The average Bonchev–Trinajstić information content (AvgIpc) is 3.28.